The highest BCUT2D eigenvalue weighted by Gasteiger charge is 2.16. The highest BCUT2D eigenvalue weighted by molar-refractivity contribution is 5.81. The summed E-state index contributed by atoms with van der Waals surface area (Å²) >= 11 is 0. The second kappa shape index (κ2) is 11.3. The summed E-state index contributed by atoms with van der Waals surface area (Å²) in [5.74, 6) is -1.98. The Morgan fingerprint density at radius 1 is 0.971 bits per heavy atom. The number of amides is 1. The fourth-order valence-corrected chi connectivity index (χ4v) is 3.49. The number of carboxylic acids is 1. The largest absolute Gasteiger partial charge is 0.496 e. The molecular weight excluding hydrogens is 444 g/mol. The molecule has 0 bridgehead atoms. The van der Waals surface area contributed by atoms with Crippen LogP contribution in [0.15, 0.2) is 60.7 Å². The van der Waals surface area contributed by atoms with Crippen molar-refractivity contribution >= 4 is 11.9 Å². The molecule has 3 aromatic carbocycles. The van der Waals surface area contributed by atoms with Crippen LogP contribution >= 0.6 is 0 Å². The zero-order valence-electron chi connectivity index (χ0n) is 18.9. The lowest BCUT2D eigenvalue weighted by molar-refractivity contribution is -0.144. The molecule has 3 rings (SSSR count). The number of nitrogens with zero attached hydrogens (tertiary/aromatic N) is 1. The third-order valence-corrected chi connectivity index (χ3v) is 5.15. The summed E-state index contributed by atoms with van der Waals surface area (Å²) < 4.78 is 39.1. The van der Waals surface area contributed by atoms with E-state index in [-0.39, 0.29) is 31.2 Å². The monoisotopic (exact) mass is 469 g/mol. The van der Waals surface area contributed by atoms with Crippen LogP contribution < -0.4 is 9.47 Å². The number of carboxylic acid groups (broad SMARTS) is 1. The topological polar surface area (TPSA) is 76.1 Å². The molecule has 0 radical (unpaired) electrons. The van der Waals surface area contributed by atoms with E-state index in [0.717, 1.165) is 11.1 Å². The van der Waals surface area contributed by atoms with Crippen molar-refractivity contribution in [3.05, 3.63) is 83.4 Å². The van der Waals surface area contributed by atoms with Crippen molar-refractivity contribution in [2.24, 2.45) is 0 Å². The van der Waals surface area contributed by atoms with E-state index < -0.39 is 24.1 Å². The molecule has 1 N–H and O–H groups in total. The second-order valence-corrected chi connectivity index (χ2v) is 7.60. The Balaban J connectivity index is 1.75. The van der Waals surface area contributed by atoms with Gasteiger partial charge in [-0.2, -0.15) is 0 Å². The summed E-state index contributed by atoms with van der Waals surface area (Å²) in [6.45, 7) is 1.47. The van der Waals surface area contributed by atoms with Crippen LogP contribution in [-0.4, -0.2) is 35.5 Å². The van der Waals surface area contributed by atoms with Gasteiger partial charge in [-0.05, 0) is 34.9 Å². The smallest absolute Gasteiger partial charge is 0.323 e. The lowest BCUT2D eigenvalue weighted by Crippen LogP contribution is -2.34. The number of rotatable bonds is 10. The van der Waals surface area contributed by atoms with Crippen molar-refractivity contribution < 1.29 is 33.0 Å². The first-order valence-electron chi connectivity index (χ1n) is 10.6. The first-order chi connectivity index (χ1) is 16.3. The lowest BCUT2D eigenvalue weighted by Gasteiger charge is -2.20. The molecule has 6 nitrogen and oxygen atoms in total. The van der Waals surface area contributed by atoms with Gasteiger partial charge >= 0.3 is 5.97 Å². The lowest BCUT2D eigenvalue weighted by atomic mass is 10.0. The van der Waals surface area contributed by atoms with Gasteiger partial charge in [0.2, 0.25) is 5.91 Å². The van der Waals surface area contributed by atoms with Crippen LogP contribution in [0.25, 0.3) is 11.1 Å². The Kier molecular flexibility index (Phi) is 8.19. The second-order valence-electron chi connectivity index (χ2n) is 7.60. The van der Waals surface area contributed by atoms with Crippen molar-refractivity contribution in [3.63, 3.8) is 0 Å². The predicted molar refractivity (Wildman–Crippen MR) is 122 cm³/mol. The Bertz CT molecular complexity index is 1160. The van der Waals surface area contributed by atoms with Crippen molar-refractivity contribution in [1.29, 1.82) is 0 Å². The number of ether oxygens (including phenoxy) is 2. The number of carbonyl (C=O) groups excluding carboxylic acids is 1. The summed E-state index contributed by atoms with van der Waals surface area (Å²) in [5.41, 5.74) is 2.52. The summed E-state index contributed by atoms with van der Waals surface area (Å²) in [7, 11) is 1.45. The standard InChI is InChI=1S/C26H25F2NO5/c1-3-25(30)29(15-26(31)32)14-17-5-4-6-18(11-17)16-34-24-13-23(33-2)21(12-22(24)28)19-7-9-20(27)10-8-19/h4-13H,3,14-16H2,1-2H3,(H,31,32). The van der Waals surface area contributed by atoms with Gasteiger partial charge in [-0.3, -0.25) is 9.59 Å². The molecule has 0 spiro atoms. The van der Waals surface area contributed by atoms with Crippen molar-refractivity contribution in [2.45, 2.75) is 26.5 Å². The minimum atomic E-state index is -1.09. The number of hydrogen-bond acceptors (Lipinski definition) is 4. The number of benzene rings is 3. The normalized spacial score (nSPS) is 10.6. The van der Waals surface area contributed by atoms with Crippen molar-refractivity contribution in [1.82, 2.24) is 4.90 Å². The number of hydrogen-bond donors (Lipinski definition) is 1. The van der Waals surface area contributed by atoms with Crippen LogP contribution in [0.3, 0.4) is 0 Å². The average Bonchev–Trinajstić information content (AvgIpc) is 2.82. The SMILES string of the molecule is CCC(=O)N(CC(=O)O)Cc1cccc(COc2cc(OC)c(-c3ccc(F)cc3)cc2F)c1. The molecule has 0 saturated heterocycles. The first-order valence-corrected chi connectivity index (χ1v) is 10.6. The van der Waals surface area contributed by atoms with Gasteiger partial charge in [0, 0.05) is 24.6 Å². The third-order valence-electron chi connectivity index (χ3n) is 5.15. The molecule has 0 fully saturated rings. The Morgan fingerprint density at radius 2 is 1.68 bits per heavy atom. The maximum absolute atomic E-state index is 14.8. The average molecular weight is 469 g/mol. The summed E-state index contributed by atoms with van der Waals surface area (Å²) in [4.78, 5) is 24.4. The van der Waals surface area contributed by atoms with E-state index in [1.807, 2.05) is 0 Å². The van der Waals surface area contributed by atoms with E-state index >= 15 is 0 Å². The molecule has 178 valence electrons. The van der Waals surface area contributed by atoms with Gasteiger partial charge in [-0.15, -0.1) is 0 Å². The van der Waals surface area contributed by atoms with Crippen LogP contribution in [0.5, 0.6) is 11.5 Å². The minimum absolute atomic E-state index is 0.0122. The highest BCUT2D eigenvalue weighted by atomic mass is 19.1. The number of halogens is 2. The molecule has 3 aromatic rings. The van der Waals surface area contributed by atoms with E-state index in [1.54, 1.807) is 31.2 Å². The molecule has 0 aliphatic heterocycles. The number of carbonyl (C=O) groups is 2. The molecule has 0 saturated carbocycles. The maximum Gasteiger partial charge on any atom is 0.323 e. The van der Waals surface area contributed by atoms with Crippen LogP contribution in [0.2, 0.25) is 0 Å². The van der Waals surface area contributed by atoms with Gasteiger partial charge in [0.25, 0.3) is 0 Å². The molecule has 34 heavy (non-hydrogen) atoms. The van der Waals surface area contributed by atoms with Gasteiger partial charge in [0.15, 0.2) is 11.6 Å². The zero-order chi connectivity index (χ0) is 24.7. The van der Waals surface area contributed by atoms with E-state index in [9.17, 15) is 18.4 Å². The van der Waals surface area contributed by atoms with E-state index in [4.69, 9.17) is 14.6 Å². The Morgan fingerprint density at radius 3 is 2.32 bits per heavy atom. The molecule has 0 aliphatic rings. The molecular formula is C26H25F2NO5. The van der Waals surface area contributed by atoms with Crippen LogP contribution in [0.1, 0.15) is 24.5 Å². The van der Waals surface area contributed by atoms with Crippen LogP contribution in [0, 0.1) is 11.6 Å². The van der Waals surface area contributed by atoms with Crippen LogP contribution in [0.4, 0.5) is 8.78 Å². The van der Waals surface area contributed by atoms with Gasteiger partial charge in [0.05, 0.1) is 7.11 Å². The zero-order valence-corrected chi connectivity index (χ0v) is 18.9. The fraction of sp³-hybridized carbons (Fsp3) is 0.231. The van der Waals surface area contributed by atoms with Gasteiger partial charge in [-0.1, -0.05) is 43.3 Å². The highest BCUT2D eigenvalue weighted by Crippen LogP contribution is 2.35. The molecule has 0 aromatic heterocycles. The predicted octanol–water partition coefficient (Wildman–Crippen LogP) is 5.04. The fourth-order valence-electron chi connectivity index (χ4n) is 3.49. The first kappa shape index (κ1) is 24.7. The molecule has 0 aliphatic carbocycles. The third kappa shape index (κ3) is 6.31. The van der Waals surface area contributed by atoms with E-state index in [2.05, 4.69) is 0 Å². The summed E-state index contributed by atoms with van der Waals surface area (Å²) in [6, 6.07) is 15.5. The van der Waals surface area contributed by atoms with Crippen molar-refractivity contribution in [2.75, 3.05) is 13.7 Å². The molecule has 0 heterocycles. The molecule has 0 atom stereocenters. The van der Waals surface area contributed by atoms with Crippen molar-refractivity contribution in [3.8, 4) is 22.6 Å². The minimum Gasteiger partial charge on any atom is -0.496 e. The summed E-state index contributed by atoms with van der Waals surface area (Å²) in [5, 5.41) is 9.07. The van der Waals surface area contributed by atoms with Gasteiger partial charge in [0.1, 0.15) is 24.7 Å². The van der Waals surface area contributed by atoms with Crippen LogP contribution in [-0.2, 0) is 22.7 Å². The maximum atomic E-state index is 14.8. The van der Waals surface area contributed by atoms with Gasteiger partial charge in [-0.25, -0.2) is 8.78 Å². The molecule has 1 amide bonds. The number of methoxy groups -OCH3 is 1. The Labute approximate surface area is 196 Å². The Hall–Kier alpha value is -3.94. The molecule has 0 unspecified atom stereocenters. The van der Waals surface area contributed by atoms with E-state index in [1.165, 1.54) is 48.4 Å². The summed E-state index contributed by atoms with van der Waals surface area (Å²) in [6.07, 6.45) is 0.200. The van der Waals surface area contributed by atoms with E-state index in [0.29, 0.717) is 16.9 Å². The van der Waals surface area contributed by atoms with Gasteiger partial charge < -0.3 is 19.5 Å². The number of aliphatic carboxylic acids is 1. The molecule has 8 heteroatoms. The quantitative estimate of drug-likeness (QED) is 0.450.